The predicted octanol–water partition coefficient (Wildman–Crippen LogP) is 2.47. The number of rotatable bonds is 6. The highest BCUT2D eigenvalue weighted by Crippen LogP contribution is 2.22. The molecule has 2 aromatic heterocycles. The summed E-state index contributed by atoms with van der Waals surface area (Å²) in [5, 5.41) is 17.7. The first kappa shape index (κ1) is 14.4. The number of aliphatic hydroxyl groups excluding tert-OH is 1. The molecule has 5 heteroatoms. The molecule has 0 saturated carbocycles. The Morgan fingerprint density at radius 3 is 2.50 bits per heavy atom. The normalized spacial score (nSPS) is 10.8. The van der Waals surface area contributed by atoms with Crippen molar-refractivity contribution >= 4 is 0 Å². The molecule has 3 aromatic rings. The Morgan fingerprint density at radius 1 is 1.00 bits per heavy atom. The highest BCUT2D eigenvalue weighted by molar-refractivity contribution is 5.60. The van der Waals surface area contributed by atoms with Crippen LogP contribution in [0.4, 0.5) is 0 Å². The zero-order valence-electron chi connectivity index (χ0n) is 12.3. The number of benzene rings is 1. The molecule has 0 saturated heterocycles. The van der Waals surface area contributed by atoms with E-state index < -0.39 is 0 Å². The van der Waals surface area contributed by atoms with Crippen LogP contribution < -0.4 is 0 Å². The number of aromatic nitrogens is 4. The quantitative estimate of drug-likeness (QED) is 0.758. The Labute approximate surface area is 129 Å². The molecule has 0 aliphatic heterocycles. The van der Waals surface area contributed by atoms with Crippen LogP contribution in [0.1, 0.15) is 17.7 Å². The molecule has 1 aromatic carbocycles. The van der Waals surface area contributed by atoms with E-state index in [0.717, 1.165) is 30.6 Å². The fraction of sp³-hybridized carbons (Fsp3) is 0.235. The molecule has 0 spiro atoms. The molecule has 0 radical (unpaired) electrons. The summed E-state index contributed by atoms with van der Waals surface area (Å²) in [6, 6.07) is 14.2. The van der Waals surface area contributed by atoms with E-state index in [2.05, 4.69) is 39.6 Å². The van der Waals surface area contributed by atoms with Gasteiger partial charge in [0.15, 0.2) is 0 Å². The molecule has 0 unspecified atom stereocenters. The fourth-order valence-electron chi connectivity index (χ4n) is 2.52. The Kier molecular flexibility index (Phi) is 4.56. The van der Waals surface area contributed by atoms with Gasteiger partial charge in [-0.1, -0.05) is 35.5 Å². The van der Waals surface area contributed by atoms with Gasteiger partial charge in [0.25, 0.3) is 0 Å². The van der Waals surface area contributed by atoms with Crippen molar-refractivity contribution in [3.63, 3.8) is 0 Å². The van der Waals surface area contributed by atoms with Crippen LogP contribution in [0, 0.1) is 0 Å². The van der Waals surface area contributed by atoms with E-state index >= 15 is 0 Å². The van der Waals surface area contributed by atoms with Crippen molar-refractivity contribution in [2.24, 2.45) is 0 Å². The molecule has 22 heavy (non-hydrogen) atoms. The third kappa shape index (κ3) is 3.20. The highest BCUT2D eigenvalue weighted by Gasteiger charge is 2.13. The second-order valence-electron chi connectivity index (χ2n) is 5.09. The van der Waals surface area contributed by atoms with E-state index in [4.69, 9.17) is 0 Å². The third-order valence-electron chi connectivity index (χ3n) is 3.59. The van der Waals surface area contributed by atoms with Gasteiger partial charge in [-0.3, -0.25) is 4.98 Å². The summed E-state index contributed by atoms with van der Waals surface area (Å²) < 4.78 is 1.86. The van der Waals surface area contributed by atoms with Crippen LogP contribution >= 0.6 is 0 Å². The van der Waals surface area contributed by atoms with Crippen molar-refractivity contribution in [1.82, 2.24) is 20.0 Å². The van der Waals surface area contributed by atoms with Crippen molar-refractivity contribution in [1.29, 1.82) is 0 Å². The number of aliphatic hydroxyl groups is 1. The molecule has 5 nitrogen and oxygen atoms in total. The number of pyridine rings is 1. The van der Waals surface area contributed by atoms with Gasteiger partial charge in [0.2, 0.25) is 0 Å². The largest absolute Gasteiger partial charge is 0.390 e. The molecule has 2 heterocycles. The molecule has 1 N–H and O–H groups in total. The van der Waals surface area contributed by atoms with Gasteiger partial charge in [-0.15, -0.1) is 5.10 Å². The summed E-state index contributed by atoms with van der Waals surface area (Å²) in [6.07, 6.45) is 5.43. The first-order valence-electron chi connectivity index (χ1n) is 7.36. The molecule has 112 valence electrons. The predicted molar refractivity (Wildman–Crippen MR) is 83.9 cm³/mol. The van der Waals surface area contributed by atoms with Gasteiger partial charge in [-0.05, 0) is 30.5 Å². The summed E-state index contributed by atoms with van der Waals surface area (Å²) in [6.45, 7) is 0.649. The van der Waals surface area contributed by atoms with Gasteiger partial charge in [0, 0.05) is 24.5 Å². The van der Waals surface area contributed by atoms with Gasteiger partial charge in [0.05, 0.1) is 12.3 Å². The number of aryl methyl sites for hydroxylation is 2. The molecular formula is C17H18N4O. The Bertz CT molecular complexity index is 710. The maximum atomic E-state index is 9.47. The van der Waals surface area contributed by atoms with Crippen LogP contribution in [0.25, 0.3) is 11.3 Å². The minimum atomic E-state index is -0.115. The molecule has 0 atom stereocenters. The fourth-order valence-corrected chi connectivity index (χ4v) is 2.52. The van der Waals surface area contributed by atoms with Crippen LogP contribution in [0.5, 0.6) is 0 Å². The first-order chi connectivity index (χ1) is 10.9. The van der Waals surface area contributed by atoms with E-state index in [1.165, 1.54) is 5.56 Å². The Balaban J connectivity index is 1.75. The Morgan fingerprint density at radius 2 is 1.77 bits per heavy atom. The van der Waals surface area contributed by atoms with Crippen molar-refractivity contribution in [2.45, 2.75) is 26.0 Å². The van der Waals surface area contributed by atoms with Crippen LogP contribution in [0.2, 0.25) is 0 Å². The molecule has 0 amide bonds. The van der Waals surface area contributed by atoms with Gasteiger partial charge < -0.3 is 5.11 Å². The summed E-state index contributed by atoms with van der Waals surface area (Å²) in [5.74, 6) is 0. The summed E-state index contributed by atoms with van der Waals surface area (Å²) in [7, 11) is 0. The monoisotopic (exact) mass is 294 g/mol. The van der Waals surface area contributed by atoms with Crippen molar-refractivity contribution in [3.05, 3.63) is 66.1 Å². The number of nitrogens with zero attached hydrogens (tertiary/aromatic N) is 4. The van der Waals surface area contributed by atoms with E-state index in [1.54, 1.807) is 12.4 Å². The summed E-state index contributed by atoms with van der Waals surface area (Å²) >= 11 is 0. The minimum Gasteiger partial charge on any atom is -0.390 e. The first-order valence-corrected chi connectivity index (χ1v) is 7.36. The SMILES string of the molecule is OCc1nnn(CCCc2ccccc2)c1-c1ccncc1. The molecule has 0 aliphatic carbocycles. The Hall–Kier alpha value is -2.53. The van der Waals surface area contributed by atoms with E-state index in [-0.39, 0.29) is 6.61 Å². The summed E-state index contributed by atoms with van der Waals surface area (Å²) in [5.41, 5.74) is 3.77. The second kappa shape index (κ2) is 6.95. The van der Waals surface area contributed by atoms with E-state index in [0.29, 0.717) is 5.69 Å². The lowest BCUT2D eigenvalue weighted by Crippen LogP contribution is -2.04. The van der Waals surface area contributed by atoms with Gasteiger partial charge in [0.1, 0.15) is 5.69 Å². The third-order valence-corrected chi connectivity index (χ3v) is 3.59. The molecular weight excluding hydrogens is 276 g/mol. The van der Waals surface area contributed by atoms with Gasteiger partial charge >= 0.3 is 0 Å². The molecule has 0 bridgehead atoms. The summed E-state index contributed by atoms with van der Waals surface area (Å²) in [4.78, 5) is 4.03. The smallest absolute Gasteiger partial charge is 0.116 e. The van der Waals surface area contributed by atoms with Crippen molar-refractivity contribution in [2.75, 3.05) is 0 Å². The average molecular weight is 294 g/mol. The van der Waals surface area contributed by atoms with E-state index in [1.807, 2.05) is 22.9 Å². The number of hydrogen-bond donors (Lipinski definition) is 1. The van der Waals surface area contributed by atoms with Crippen LogP contribution in [-0.4, -0.2) is 25.1 Å². The van der Waals surface area contributed by atoms with Gasteiger partial charge in [-0.25, -0.2) is 4.68 Å². The molecule has 0 fully saturated rings. The van der Waals surface area contributed by atoms with Crippen LogP contribution in [0.3, 0.4) is 0 Å². The molecule has 0 aliphatic rings. The highest BCUT2D eigenvalue weighted by atomic mass is 16.3. The lowest BCUT2D eigenvalue weighted by molar-refractivity contribution is 0.277. The zero-order chi connectivity index (χ0) is 15.2. The zero-order valence-corrected chi connectivity index (χ0v) is 12.3. The van der Waals surface area contributed by atoms with Crippen molar-refractivity contribution in [3.8, 4) is 11.3 Å². The minimum absolute atomic E-state index is 0.115. The van der Waals surface area contributed by atoms with Crippen molar-refractivity contribution < 1.29 is 5.11 Å². The van der Waals surface area contributed by atoms with Gasteiger partial charge in [-0.2, -0.15) is 0 Å². The van der Waals surface area contributed by atoms with E-state index in [9.17, 15) is 5.11 Å². The van der Waals surface area contributed by atoms with Crippen LogP contribution in [-0.2, 0) is 19.6 Å². The lowest BCUT2D eigenvalue weighted by atomic mass is 10.1. The number of hydrogen-bond acceptors (Lipinski definition) is 4. The maximum Gasteiger partial charge on any atom is 0.116 e. The second-order valence-corrected chi connectivity index (χ2v) is 5.09. The molecule has 3 rings (SSSR count). The topological polar surface area (TPSA) is 63.8 Å². The lowest BCUT2D eigenvalue weighted by Gasteiger charge is -2.07. The maximum absolute atomic E-state index is 9.47. The standard InChI is InChI=1S/C17H18N4O/c22-13-16-17(15-8-10-18-11-9-15)21(20-19-16)12-4-7-14-5-2-1-3-6-14/h1-3,5-6,8-11,22H,4,7,12-13H2. The van der Waals surface area contributed by atoms with Crippen LogP contribution in [0.15, 0.2) is 54.9 Å². The average Bonchev–Trinajstić information content (AvgIpc) is 2.99.